The van der Waals surface area contributed by atoms with Crippen molar-refractivity contribution in [3.63, 3.8) is 0 Å². The zero-order chi connectivity index (χ0) is 12.7. The SMILES string of the molecule is CC(C)(C)C(O)(CN)C1Cc2ccccc2N1. The number of para-hydroxylation sites is 1. The summed E-state index contributed by atoms with van der Waals surface area (Å²) in [5.74, 6) is 0. The van der Waals surface area contributed by atoms with Crippen molar-refractivity contribution in [3.05, 3.63) is 29.8 Å². The van der Waals surface area contributed by atoms with Crippen molar-refractivity contribution < 1.29 is 5.11 Å². The molecule has 0 amide bonds. The Morgan fingerprint density at radius 3 is 2.53 bits per heavy atom. The minimum atomic E-state index is -0.897. The van der Waals surface area contributed by atoms with E-state index < -0.39 is 5.60 Å². The van der Waals surface area contributed by atoms with Gasteiger partial charge in [0.05, 0.1) is 6.04 Å². The zero-order valence-electron chi connectivity index (χ0n) is 10.8. The second-order valence-electron chi connectivity index (χ2n) is 5.94. The topological polar surface area (TPSA) is 58.3 Å². The highest BCUT2D eigenvalue weighted by Gasteiger charge is 2.47. The van der Waals surface area contributed by atoms with Gasteiger partial charge in [0.2, 0.25) is 0 Å². The third kappa shape index (κ3) is 1.94. The Balaban J connectivity index is 2.27. The van der Waals surface area contributed by atoms with Gasteiger partial charge in [0.25, 0.3) is 0 Å². The highest BCUT2D eigenvalue weighted by atomic mass is 16.3. The van der Waals surface area contributed by atoms with Crippen LogP contribution >= 0.6 is 0 Å². The number of aliphatic hydroxyl groups is 1. The normalized spacial score (nSPS) is 22.8. The number of anilines is 1. The Labute approximate surface area is 103 Å². The summed E-state index contributed by atoms with van der Waals surface area (Å²) in [6, 6.07) is 8.18. The standard InChI is InChI=1S/C14H22N2O/c1-13(2,3)14(17,9-15)12-8-10-6-4-5-7-11(10)16-12/h4-7,12,16-17H,8-9,15H2,1-3H3. The van der Waals surface area contributed by atoms with Crippen LogP contribution in [0.25, 0.3) is 0 Å². The van der Waals surface area contributed by atoms with Crippen molar-refractivity contribution >= 4 is 5.69 Å². The molecule has 0 aromatic heterocycles. The van der Waals surface area contributed by atoms with E-state index in [9.17, 15) is 5.11 Å². The molecule has 2 unspecified atom stereocenters. The average Bonchev–Trinajstić information content (AvgIpc) is 2.70. The molecule has 94 valence electrons. The summed E-state index contributed by atoms with van der Waals surface area (Å²) in [6.07, 6.45) is 0.834. The van der Waals surface area contributed by atoms with Crippen molar-refractivity contribution in [2.24, 2.45) is 11.1 Å². The van der Waals surface area contributed by atoms with E-state index in [1.807, 2.05) is 32.9 Å². The maximum atomic E-state index is 10.8. The number of nitrogens with two attached hydrogens (primary N) is 1. The molecule has 1 heterocycles. The van der Waals surface area contributed by atoms with Gasteiger partial charge in [-0.05, 0) is 23.5 Å². The van der Waals surface area contributed by atoms with Crippen LogP contribution in [0.4, 0.5) is 5.69 Å². The molecule has 0 radical (unpaired) electrons. The van der Waals surface area contributed by atoms with Crippen LogP contribution in [0, 0.1) is 5.41 Å². The van der Waals surface area contributed by atoms with E-state index in [0.717, 1.165) is 12.1 Å². The van der Waals surface area contributed by atoms with Crippen LogP contribution in [0.5, 0.6) is 0 Å². The third-order valence-electron chi connectivity index (χ3n) is 3.96. The van der Waals surface area contributed by atoms with Crippen molar-refractivity contribution in [1.82, 2.24) is 0 Å². The predicted octanol–water partition coefficient (Wildman–Crippen LogP) is 1.76. The Bertz CT molecular complexity index is 386. The summed E-state index contributed by atoms with van der Waals surface area (Å²) in [4.78, 5) is 0. The van der Waals surface area contributed by atoms with Gasteiger partial charge in [-0.1, -0.05) is 39.0 Å². The molecule has 3 nitrogen and oxygen atoms in total. The molecule has 1 aliphatic heterocycles. The number of benzene rings is 1. The molecule has 0 saturated heterocycles. The molecule has 0 bridgehead atoms. The molecular formula is C14H22N2O. The van der Waals surface area contributed by atoms with Crippen LogP contribution in [-0.4, -0.2) is 23.3 Å². The summed E-state index contributed by atoms with van der Waals surface area (Å²) in [7, 11) is 0. The third-order valence-corrected chi connectivity index (χ3v) is 3.96. The lowest BCUT2D eigenvalue weighted by Crippen LogP contribution is -2.59. The minimum absolute atomic E-state index is 0.00935. The monoisotopic (exact) mass is 234 g/mol. The fourth-order valence-electron chi connectivity index (χ4n) is 2.56. The lowest BCUT2D eigenvalue weighted by atomic mass is 9.71. The zero-order valence-corrected chi connectivity index (χ0v) is 10.8. The highest BCUT2D eigenvalue weighted by molar-refractivity contribution is 5.57. The van der Waals surface area contributed by atoms with Gasteiger partial charge in [0.1, 0.15) is 5.60 Å². The Morgan fingerprint density at radius 2 is 2.00 bits per heavy atom. The quantitative estimate of drug-likeness (QED) is 0.731. The van der Waals surface area contributed by atoms with Crippen LogP contribution in [-0.2, 0) is 6.42 Å². The van der Waals surface area contributed by atoms with Gasteiger partial charge in [-0.2, -0.15) is 0 Å². The fourth-order valence-corrected chi connectivity index (χ4v) is 2.56. The molecule has 0 aliphatic carbocycles. The molecule has 3 heteroatoms. The molecule has 17 heavy (non-hydrogen) atoms. The molecule has 1 aromatic rings. The van der Waals surface area contributed by atoms with Crippen molar-refractivity contribution in [2.75, 3.05) is 11.9 Å². The summed E-state index contributed by atoms with van der Waals surface area (Å²) in [5, 5.41) is 14.2. The Kier molecular flexibility index (Phi) is 2.92. The van der Waals surface area contributed by atoms with Gasteiger partial charge < -0.3 is 16.2 Å². The Morgan fingerprint density at radius 1 is 1.35 bits per heavy atom. The van der Waals surface area contributed by atoms with E-state index in [1.54, 1.807) is 0 Å². The van der Waals surface area contributed by atoms with Crippen LogP contribution in [0.15, 0.2) is 24.3 Å². The van der Waals surface area contributed by atoms with Crippen molar-refractivity contribution in [1.29, 1.82) is 0 Å². The van der Waals surface area contributed by atoms with E-state index >= 15 is 0 Å². The van der Waals surface area contributed by atoms with Gasteiger partial charge in [0, 0.05) is 12.2 Å². The Hall–Kier alpha value is -1.06. The van der Waals surface area contributed by atoms with E-state index in [2.05, 4.69) is 17.4 Å². The molecule has 0 saturated carbocycles. The fraction of sp³-hybridized carbons (Fsp3) is 0.571. The average molecular weight is 234 g/mol. The first-order chi connectivity index (χ1) is 7.88. The molecular weight excluding hydrogens is 212 g/mol. The molecule has 2 atom stereocenters. The molecule has 1 aromatic carbocycles. The molecule has 0 spiro atoms. The van der Waals surface area contributed by atoms with Gasteiger partial charge in [-0.15, -0.1) is 0 Å². The number of rotatable bonds is 2. The molecule has 1 aliphatic rings. The summed E-state index contributed by atoms with van der Waals surface area (Å²) in [6.45, 7) is 6.36. The molecule has 2 rings (SSSR count). The first kappa shape index (κ1) is 12.4. The van der Waals surface area contributed by atoms with E-state index in [4.69, 9.17) is 5.73 Å². The summed E-state index contributed by atoms with van der Waals surface area (Å²) in [5.41, 5.74) is 7.05. The molecule has 4 N–H and O–H groups in total. The maximum Gasteiger partial charge on any atom is 0.102 e. The predicted molar refractivity (Wildman–Crippen MR) is 71.0 cm³/mol. The first-order valence-corrected chi connectivity index (χ1v) is 6.15. The summed E-state index contributed by atoms with van der Waals surface area (Å²) < 4.78 is 0. The van der Waals surface area contributed by atoms with Crippen LogP contribution < -0.4 is 11.1 Å². The number of hydrogen-bond acceptors (Lipinski definition) is 3. The minimum Gasteiger partial charge on any atom is -0.386 e. The van der Waals surface area contributed by atoms with Gasteiger partial charge in [0.15, 0.2) is 0 Å². The number of hydrogen-bond donors (Lipinski definition) is 3. The smallest absolute Gasteiger partial charge is 0.102 e. The van der Waals surface area contributed by atoms with Gasteiger partial charge >= 0.3 is 0 Å². The van der Waals surface area contributed by atoms with E-state index in [-0.39, 0.29) is 18.0 Å². The number of fused-ring (bicyclic) bond motifs is 1. The van der Waals surface area contributed by atoms with Crippen LogP contribution in [0.3, 0.4) is 0 Å². The second-order valence-corrected chi connectivity index (χ2v) is 5.94. The number of nitrogens with one attached hydrogen (secondary N) is 1. The first-order valence-electron chi connectivity index (χ1n) is 6.15. The largest absolute Gasteiger partial charge is 0.386 e. The second kappa shape index (κ2) is 4.00. The van der Waals surface area contributed by atoms with E-state index in [1.165, 1.54) is 5.56 Å². The van der Waals surface area contributed by atoms with E-state index in [0.29, 0.717) is 0 Å². The van der Waals surface area contributed by atoms with Crippen molar-refractivity contribution in [2.45, 2.75) is 38.8 Å². The van der Waals surface area contributed by atoms with Crippen molar-refractivity contribution in [3.8, 4) is 0 Å². The maximum absolute atomic E-state index is 10.8. The van der Waals surface area contributed by atoms with Gasteiger partial charge in [-0.3, -0.25) is 0 Å². The van der Waals surface area contributed by atoms with Crippen LogP contribution in [0.2, 0.25) is 0 Å². The summed E-state index contributed by atoms with van der Waals surface area (Å²) >= 11 is 0. The highest BCUT2D eigenvalue weighted by Crippen LogP contribution is 2.39. The van der Waals surface area contributed by atoms with Crippen LogP contribution in [0.1, 0.15) is 26.3 Å². The van der Waals surface area contributed by atoms with Gasteiger partial charge in [-0.25, -0.2) is 0 Å². The lowest BCUT2D eigenvalue weighted by molar-refractivity contribution is -0.0630. The molecule has 0 fully saturated rings. The lowest BCUT2D eigenvalue weighted by Gasteiger charge is -2.44.